The van der Waals surface area contributed by atoms with Crippen LogP contribution < -0.4 is 14.8 Å². The van der Waals surface area contributed by atoms with E-state index in [2.05, 4.69) is 17.4 Å². The van der Waals surface area contributed by atoms with Crippen molar-refractivity contribution in [1.29, 1.82) is 0 Å². The van der Waals surface area contributed by atoms with E-state index in [0.29, 0.717) is 24.5 Å². The van der Waals surface area contributed by atoms with Gasteiger partial charge in [0, 0.05) is 23.9 Å². The summed E-state index contributed by atoms with van der Waals surface area (Å²) < 4.78 is 17.2. The van der Waals surface area contributed by atoms with Gasteiger partial charge < -0.3 is 19.5 Å². The number of carbonyl (C=O) groups is 1. The van der Waals surface area contributed by atoms with Gasteiger partial charge in [-0.1, -0.05) is 36.4 Å². The Labute approximate surface area is 189 Å². The lowest BCUT2D eigenvalue weighted by molar-refractivity contribution is 0.0679. The molecule has 1 amide bonds. The number of hydrogen-bond acceptors (Lipinski definition) is 4. The van der Waals surface area contributed by atoms with Crippen LogP contribution in [-0.4, -0.2) is 31.8 Å². The first-order valence-corrected chi connectivity index (χ1v) is 11.2. The van der Waals surface area contributed by atoms with E-state index in [1.54, 1.807) is 12.1 Å². The zero-order chi connectivity index (χ0) is 22.0. The van der Waals surface area contributed by atoms with Crippen molar-refractivity contribution in [2.75, 3.05) is 25.1 Å². The first kappa shape index (κ1) is 21.9. The molecule has 0 spiro atoms. The van der Waals surface area contributed by atoms with Gasteiger partial charge in [0.15, 0.2) is 0 Å². The molecule has 166 valence electrons. The predicted octanol–water partition coefficient (Wildman–Crippen LogP) is 5.51. The molecule has 3 aromatic rings. The molecule has 0 radical (unpaired) electrons. The van der Waals surface area contributed by atoms with Gasteiger partial charge in [-0.05, 0) is 67.6 Å². The topological polar surface area (TPSA) is 56.8 Å². The van der Waals surface area contributed by atoms with Crippen LogP contribution in [0.4, 0.5) is 5.69 Å². The van der Waals surface area contributed by atoms with Crippen molar-refractivity contribution in [3.05, 3.63) is 90.0 Å². The number of hydrogen-bond donors (Lipinski definition) is 1. The highest BCUT2D eigenvalue weighted by Gasteiger charge is 2.16. The van der Waals surface area contributed by atoms with Gasteiger partial charge in [0.2, 0.25) is 0 Å². The van der Waals surface area contributed by atoms with Crippen LogP contribution >= 0.6 is 0 Å². The molecule has 0 aliphatic carbocycles. The first-order valence-electron chi connectivity index (χ1n) is 11.2. The third-order valence-electron chi connectivity index (χ3n) is 5.39. The molecule has 3 aromatic carbocycles. The molecular weight excluding hydrogens is 402 g/mol. The van der Waals surface area contributed by atoms with Crippen LogP contribution in [0.1, 0.15) is 35.2 Å². The maximum Gasteiger partial charge on any atom is 0.255 e. The Kier molecular flexibility index (Phi) is 7.77. The molecule has 4 rings (SSSR count). The van der Waals surface area contributed by atoms with Gasteiger partial charge in [0.25, 0.3) is 5.91 Å². The Balaban J connectivity index is 1.23. The zero-order valence-electron chi connectivity index (χ0n) is 18.2. The fourth-order valence-corrected chi connectivity index (χ4v) is 3.65. The molecule has 1 aliphatic rings. The van der Waals surface area contributed by atoms with Crippen molar-refractivity contribution in [3.63, 3.8) is 0 Å². The monoisotopic (exact) mass is 431 g/mol. The summed E-state index contributed by atoms with van der Waals surface area (Å²) in [6, 6.07) is 25.0. The van der Waals surface area contributed by atoms with E-state index in [1.807, 2.05) is 54.6 Å². The van der Waals surface area contributed by atoms with Crippen LogP contribution in [0.15, 0.2) is 78.9 Å². The van der Waals surface area contributed by atoms with Crippen molar-refractivity contribution >= 4 is 11.6 Å². The van der Waals surface area contributed by atoms with Gasteiger partial charge in [-0.25, -0.2) is 0 Å². The number of nitrogens with one attached hydrogen (secondary N) is 1. The van der Waals surface area contributed by atoms with Crippen LogP contribution in [-0.2, 0) is 11.2 Å². The maximum atomic E-state index is 12.6. The van der Waals surface area contributed by atoms with Gasteiger partial charge in [-0.3, -0.25) is 4.79 Å². The number of amides is 1. The summed E-state index contributed by atoms with van der Waals surface area (Å²) in [5.74, 6) is 1.31. The molecule has 1 heterocycles. The van der Waals surface area contributed by atoms with Crippen molar-refractivity contribution in [2.45, 2.75) is 31.8 Å². The van der Waals surface area contributed by atoms with Gasteiger partial charge >= 0.3 is 0 Å². The molecule has 1 saturated heterocycles. The van der Waals surface area contributed by atoms with E-state index in [-0.39, 0.29) is 12.0 Å². The van der Waals surface area contributed by atoms with Crippen LogP contribution in [0.25, 0.3) is 0 Å². The quantitative estimate of drug-likeness (QED) is 0.430. The summed E-state index contributed by atoms with van der Waals surface area (Å²) in [7, 11) is 0. The van der Waals surface area contributed by atoms with Crippen LogP contribution in [0.5, 0.6) is 11.5 Å². The van der Waals surface area contributed by atoms with Crippen LogP contribution in [0, 0.1) is 0 Å². The number of carbonyl (C=O) groups excluding carboxylic acids is 1. The minimum absolute atomic E-state index is 0.170. The summed E-state index contributed by atoms with van der Waals surface area (Å²) in [5.41, 5.74) is 2.58. The van der Waals surface area contributed by atoms with E-state index < -0.39 is 0 Å². The molecule has 1 fully saturated rings. The molecule has 0 bridgehead atoms. The van der Waals surface area contributed by atoms with Crippen LogP contribution in [0.2, 0.25) is 0 Å². The standard InChI is InChI=1S/C27H29NO4/c29-27(22-13-15-24(16-14-22)32-20-26-12-6-18-31-26)28-23-10-4-11-25(19-23)30-17-5-9-21-7-2-1-3-8-21/h1-4,7-8,10-11,13-16,19,26H,5-6,9,12,17-18,20H2,(H,28,29). The number of benzene rings is 3. The van der Waals surface area contributed by atoms with Gasteiger partial charge in [0.05, 0.1) is 12.7 Å². The number of rotatable bonds is 10. The highest BCUT2D eigenvalue weighted by Crippen LogP contribution is 2.20. The molecule has 1 atom stereocenters. The van der Waals surface area contributed by atoms with E-state index >= 15 is 0 Å². The summed E-state index contributed by atoms with van der Waals surface area (Å²) in [5, 5.41) is 2.93. The third kappa shape index (κ3) is 6.59. The van der Waals surface area contributed by atoms with Crippen molar-refractivity contribution in [3.8, 4) is 11.5 Å². The normalized spacial score (nSPS) is 15.3. The summed E-state index contributed by atoms with van der Waals surface area (Å²) in [6.45, 7) is 1.98. The average Bonchev–Trinajstić information content (AvgIpc) is 3.36. The lowest BCUT2D eigenvalue weighted by Gasteiger charge is -2.12. The van der Waals surface area contributed by atoms with Gasteiger partial charge in [0.1, 0.15) is 18.1 Å². The first-order chi connectivity index (χ1) is 15.8. The number of ether oxygens (including phenoxy) is 3. The molecule has 1 N–H and O–H groups in total. The molecule has 5 nitrogen and oxygen atoms in total. The molecule has 1 unspecified atom stereocenters. The maximum absolute atomic E-state index is 12.6. The minimum Gasteiger partial charge on any atom is -0.494 e. The Morgan fingerprint density at radius 2 is 1.78 bits per heavy atom. The third-order valence-corrected chi connectivity index (χ3v) is 5.39. The van der Waals surface area contributed by atoms with Crippen LogP contribution in [0.3, 0.4) is 0 Å². The number of aryl methyl sites for hydroxylation is 1. The summed E-state index contributed by atoms with van der Waals surface area (Å²) in [6.07, 6.45) is 4.21. The van der Waals surface area contributed by atoms with E-state index in [1.165, 1.54) is 5.56 Å². The average molecular weight is 432 g/mol. The fourth-order valence-electron chi connectivity index (χ4n) is 3.65. The lowest BCUT2D eigenvalue weighted by Crippen LogP contribution is -2.16. The lowest BCUT2D eigenvalue weighted by atomic mass is 10.1. The Hall–Kier alpha value is -3.31. The smallest absolute Gasteiger partial charge is 0.255 e. The number of anilines is 1. The summed E-state index contributed by atoms with van der Waals surface area (Å²) in [4.78, 5) is 12.6. The Morgan fingerprint density at radius 1 is 0.938 bits per heavy atom. The highest BCUT2D eigenvalue weighted by molar-refractivity contribution is 6.04. The largest absolute Gasteiger partial charge is 0.494 e. The molecule has 5 heteroatoms. The Bertz CT molecular complexity index is 982. The predicted molar refractivity (Wildman–Crippen MR) is 126 cm³/mol. The molecule has 1 aliphatic heterocycles. The fraction of sp³-hybridized carbons (Fsp3) is 0.296. The molecule has 0 aromatic heterocycles. The van der Waals surface area contributed by atoms with Crippen molar-refractivity contribution in [2.24, 2.45) is 0 Å². The SMILES string of the molecule is O=C(Nc1cccc(OCCCc2ccccc2)c1)c1ccc(OCC2CCCO2)cc1. The summed E-state index contributed by atoms with van der Waals surface area (Å²) >= 11 is 0. The zero-order valence-corrected chi connectivity index (χ0v) is 18.2. The molecule has 0 saturated carbocycles. The van der Waals surface area contributed by atoms with E-state index in [0.717, 1.165) is 43.8 Å². The molecule has 32 heavy (non-hydrogen) atoms. The van der Waals surface area contributed by atoms with E-state index in [9.17, 15) is 4.79 Å². The van der Waals surface area contributed by atoms with Crippen molar-refractivity contribution in [1.82, 2.24) is 0 Å². The second kappa shape index (κ2) is 11.3. The minimum atomic E-state index is -0.170. The second-order valence-electron chi connectivity index (χ2n) is 7.89. The highest BCUT2D eigenvalue weighted by atomic mass is 16.5. The Morgan fingerprint density at radius 3 is 2.56 bits per heavy atom. The molecular formula is C27H29NO4. The van der Waals surface area contributed by atoms with Gasteiger partial charge in [-0.15, -0.1) is 0 Å². The second-order valence-corrected chi connectivity index (χ2v) is 7.89. The van der Waals surface area contributed by atoms with Crippen molar-refractivity contribution < 1.29 is 19.0 Å². The van der Waals surface area contributed by atoms with Gasteiger partial charge in [-0.2, -0.15) is 0 Å². The van der Waals surface area contributed by atoms with E-state index in [4.69, 9.17) is 14.2 Å².